The highest BCUT2D eigenvalue weighted by Gasteiger charge is 2.39. The van der Waals surface area contributed by atoms with Gasteiger partial charge in [-0.05, 0) is 97.1 Å². The number of ether oxygens (including phenoxy) is 8. The van der Waals surface area contributed by atoms with E-state index in [1.54, 1.807) is 194 Å². The van der Waals surface area contributed by atoms with Gasteiger partial charge in [0.15, 0.2) is 69.8 Å². The van der Waals surface area contributed by atoms with E-state index >= 15 is 35.1 Å². The third kappa shape index (κ3) is 13.3. The van der Waals surface area contributed by atoms with E-state index in [9.17, 15) is 0 Å². The van der Waals surface area contributed by atoms with Crippen molar-refractivity contribution in [2.45, 2.75) is 0 Å². The van der Waals surface area contributed by atoms with Gasteiger partial charge in [0.25, 0.3) is 0 Å². The zero-order valence-electron chi connectivity index (χ0n) is 64.4. The van der Waals surface area contributed by atoms with Crippen molar-refractivity contribution >= 4 is 135 Å². The van der Waals surface area contributed by atoms with Crippen LogP contribution in [0.4, 0.5) is 126 Å². The fraction of sp³-hybridized carbons (Fsp3) is 0.0909. The zero-order chi connectivity index (χ0) is 83.3. The maximum atomic E-state index is 17.6. The first kappa shape index (κ1) is 76.8. The lowest BCUT2D eigenvalue weighted by atomic mass is 9.97. The summed E-state index contributed by atoms with van der Waals surface area (Å²) in [7, 11) is 11.7. The monoisotopic (exact) mass is 1630 g/mol. The number of hydrogen-bond donors (Lipinski definition) is 10. The molecule has 0 unspecified atom stereocenters. The minimum atomic E-state index is -2.36. The Hall–Kier alpha value is -15.8. The molecular formula is C88H66F8N16O8. The van der Waals surface area contributed by atoms with E-state index in [1.165, 1.54) is 56.9 Å². The van der Waals surface area contributed by atoms with E-state index in [4.69, 9.17) is 57.8 Å². The van der Waals surface area contributed by atoms with Crippen LogP contribution >= 0.6 is 0 Å². The first-order valence-corrected chi connectivity index (χ1v) is 36.7. The fourth-order valence-corrected chi connectivity index (χ4v) is 14.6. The molecule has 0 fully saturated rings. The Morgan fingerprint density at radius 2 is 0.383 bits per heavy atom. The number of fused-ring (bicyclic) bond motifs is 20. The summed E-state index contributed by atoms with van der Waals surface area (Å²) in [5, 5.41) is 26.9. The molecular weight excluding hydrogens is 1560 g/mol. The maximum absolute atomic E-state index is 17.6. The molecule has 0 aliphatic carbocycles. The fourth-order valence-electron chi connectivity index (χ4n) is 14.6. The number of benzene rings is 12. The molecule has 120 heavy (non-hydrogen) atoms. The van der Waals surface area contributed by atoms with Crippen LogP contribution < -0.4 is 80.4 Å². The van der Waals surface area contributed by atoms with E-state index in [-0.39, 0.29) is 113 Å². The van der Waals surface area contributed by atoms with Crippen molar-refractivity contribution < 1.29 is 73.0 Å². The summed E-state index contributed by atoms with van der Waals surface area (Å²) in [6.45, 7) is 0. The van der Waals surface area contributed by atoms with Crippen LogP contribution in [-0.4, -0.2) is 96.8 Å². The lowest BCUT2D eigenvalue weighted by molar-refractivity contribution is 0.412. The third-order valence-electron chi connectivity index (χ3n) is 20.1. The van der Waals surface area contributed by atoms with Crippen molar-refractivity contribution in [1.82, 2.24) is 39.9 Å². The number of methoxy groups -OCH3 is 8. The number of nitrogens with zero attached hydrogens (tertiary/aromatic N) is 6. The molecule has 0 saturated carbocycles. The van der Waals surface area contributed by atoms with E-state index in [0.29, 0.717) is 57.1 Å². The molecule has 5 heterocycles. The number of hydrogen-bond acceptors (Lipinski definition) is 22. The number of H-pyrrole nitrogens is 2. The van der Waals surface area contributed by atoms with Crippen LogP contribution in [0, 0.1) is 46.5 Å². The summed E-state index contributed by atoms with van der Waals surface area (Å²) in [4.78, 5) is 36.3. The second kappa shape index (κ2) is 31.8. The Bertz CT molecular complexity index is 6860. The molecule has 0 saturated heterocycles. The average Bonchev–Trinajstić information content (AvgIpc) is 1.55. The van der Waals surface area contributed by atoms with Crippen molar-refractivity contribution in [3.05, 3.63) is 241 Å². The van der Waals surface area contributed by atoms with E-state index in [1.807, 2.05) is 0 Å². The number of halogens is 8. The molecule has 8 bridgehead atoms. The van der Waals surface area contributed by atoms with Crippen molar-refractivity contribution in [3.63, 3.8) is 0 Å². The standard InChI is InChI=1S/C88H66F8N16O8/c1-113-49-33-17-9-25-41(49)97-73-61-63(75(99-43-27-11-19-35-51(43)115-3)79(103-47-31-15-23-39-55(47)119-7)77(73)101-45-29-13-21-37-53(45)117-5)87-110-85(61)108-83-59-57(65(89)69(93)71(95)67(59)91)81(106-83)105-82-58-60(68(92)72(96)70(94)66(58)90)84(107-82)109-86-62-64(88(111-86)112-87)76(100-44-28-12-20-36-52(44)116-4)80(104-48-32-16-24-40-56(48)120-8)78(102-46-30-14-22-38-54(46)118-6)74(62)98-42-26-10-18-34-50(42)114-2/h9-40,97-104H,1-8H3,(H2,105,106,107,108,109,110,111,112). The molecule has 32 heteroatoms. The molecule has 0 amide bonds. The van der Waals surface area contributed by atoms with Gasteiger partial charge in [0, 0.05) is 0 Å². The Morgan fingerprint density at radius 1 is 0.200 bits per heavy atom. The van der Waals surface area contributed by atoms with Crippen LogP contribution in [0.2, 0.25) is 0 Å². The van der Waals surface area contributed by atoms with Gasteiger partial charge in [-0.3, -0.25) is 0 Å². The van der Waals surface area contributed by atoms with Crippen molar-refractivity contribution in [2.75, 3.05) is 99.4 Å². The Kier molecular flexibility index (Phi) is 20.4. The van der Waals surface area contributed by atoms with Gasteiger partial charge in [-0.15, -0.1) is 0 Å². The number of anilines is 16. The molecule has 0 radical (unpaired) electrons. The molecule has 24 nitrogen and oxygen atoms in total. The highest BCUT2D eigenvalue weighted by molar-refractivity contribution is 6.27. The molecule has 12 aromatic carbocycles. The third-order valence-corrected chi connectivity index (χ3v) is 20.1. The van der Waals surface area contributed by atoms with Gasteiger partial charge in [-0.2, -0.15) is 0 Å². The normalized spacial score (nSPS) is 11.3. The second-order valence-corrected chi connectivity index (χ2v) is 26.7. The number of para-hydroxylation sites is 16. The SMILES string of the molecule is COc1ccccc1Nc1c(Nc2ccccc2OC)c(Nc2ccccc2OC)c2c(c1Nc1ccccc1OC)-c1nc-2nc2[nH]c(nc3nc(nc4[nH]c(n1)c1c(F)c(F)c(F)c(F)c41)-c1c(F)c(F)c(F)c(F)c1-3)c1c(Nc3ccccc3OC)c(Nc3ccccc3OC)c(Nc3ccccc3OC)c(Nc3ccccc3OC)c21. The molecule has 602 valence electrons. The topological polar surface area (TPSA) is 279 Å². The first-order valence-electron chi connectivity index (χ1n) is 36.7. The van der Waals surface area contributed by atoms with E-state index in [2.05, 4.69) is 62.5 Å². The Labute approximate surface area is 676 Å². The van der Waals surface area contributed by atoms with Gasteiger partial charge >= 0.3 is 0 Å². The van der Waals surface area contributed by atoms with E-state index < -0.39 is 103 Å². The largest absolute Gasteiger partial charge is 0.495 e. The van der Waals surface area contributed by atoms with Crippen LogP contribution in [0.1, 0.15) is 0 Å². The summed E-state index contributed by atoms with van der Waals surface area (Å²) in [5.74, 6) is -18.1. The van der Waals surface area contributed by atoms with Crippen LogP contribution in [0.15, 0.2) is 194 Å². The summed E-state index contributed by atoms with van der Waals surface area (Å²) < 4.78 is 184. The van der Waals surface area contributed by atoms with Crippen molar-refractivity contribution in [3.8, 4) is 91.5 Å². The molecule has 2 aliphatic rings. The summed E-state index contributed by atoms with van der Waals surface area (Å²) in [5.41, 5.74) is -1.68. The molecule has 0 atom stereocenters. The van der Waals surface area contributed by atoms with Crippen molar-refractivity contribution in [2.24, 2.45) is 0 Å². The van der Waals surface area contributed by atoms with E-state index in [0.717, 1.165) is 0 Å². The summed E-state index contributed by atoms with van der Waals surface area (Å²) in [6.07, 6.45) is 0. The molecule has 15 aromatic rings. The first-order chi connectivity index (χ1) is 58.5. The molecule has 0 spiro atoms. The second-order valence-electron chi connectivity index (χ2n) is 26.7. The number of aromatic amines is 2. The van der Waals surface area contributed by atoms with Gasteiger partial charge in [0.2, 0.25) is 0 Å². The molecule has 3 aromatic heterocycles. The zero-order valence-corrected chi connectivity index (χ0v) is 64.4. The van der Waals surface area contributed by atoms with Crippen molar-refractivity contribution in [1.29, 1.82) is 0 Å². The lowest BCUT2D eigenvalue weighted by Gasteiger charge is -2.27. The minimum Gasteiger partial charge on any atom is -0.495 e. The smallest absolute Gasteiger partial charge is 0.198 e. The number of rotatable bonds is 24. The van der Waals surface area contributed by atoms with Crippen LogP contribution in [-0.2, 0) is 0 Å². The molecule has 17 rings (SSSR count). The molecule has 10 N–H and O–H groups in total. The van der Waals surface area contributed by atoms with Crippen LogP contribution in [0.5, 0.6) is 46.0 Å². The quantitative estimate of drug-likeness (QED) is 0.0153. The van der Waals surface area contributed by atoms with Crippen LogP contribution in [0.25, 0.3) is 89.7 Å². The van der Waals surface area contributed by atoms with Gasteiger partial charge in [-0.25, -0.2) is 65.0 Å². The van der Waals surface area contributed by atoms with Crippen LogP contribution in [0.3, 0.4) is 0 Å². The highest BCUT2D eigenvalue weighted by Crippen LogP contribution is 2.60. The number of aromatic nitrogens is 8. The maximum Gasteiger partial charge on any atom is 0.198 e. The number of nitrogens with one attached hydrogen (secondary N) is 10. The predicted octanol–water partition coefficient (Wildman–Crippen LogP) is 22.0. The average molecular weight is 1630 g/mol. The van der Waals surface area contributed by atoms with Gasteiger partial charge in [0.05, 0.1) is 192 Å². The lowest BCUT2D eigenvalue weighted by Crippen LogP contribution is -2.10. The highest BCUT2D eigenvalue weighted by atomic mass is 19.2. The molecule has 2 aliphatic heterocycles. The van der Waals surface area contributed by atoms with Gasteiger partial charge in [0.1, 0.15) is 68.6 Å². The minimum absolute atomic E-state index is 0.00621. The van der Waals surface area contributed by atoms with Gasteiger partial charge in [-0.1, -0.05) is 97.1 Å². The summed E-state index contributed by atoms with van der Waals surface area (Å²) in [6, 6.07) is 55.4. The van der Waals surface area contributed by atoms with Gasteiger partial charge < -0.3 is 90.4 Å². The summed E-state index contributed by atoms with van der Waals surface area (Å²) >= 11 is 0. The predicted molar refractivity (Wildman–Crippen MR) is 446 cm³/mol. The Morgan fingerprint density at radius 3 is 0.617 bits per heavy atom. The Balaban J connectivity index is 1.18.